The molecule has 0 spiro atoms. The van der Waals surface area contributed by atoms with Gasteiger partial charge in [0.25, 0.3) is 0 Å². The van der Waals surface area contributed by atoms with Crippen molar-refractivity contribution < 1.29 is 27.1 Å². The largest absolute Gasteiger partial charge is 0.458 e. The lowest BCUT2D eigenvalue weighted by atomic mass is 10.4. The number of ether oxygens (including phenoxy) is 1. The van der Waals surface area contributed by atoms with Crippen LogP contribution in [0.5, 0.6) is 0 Å². The van der Waals surface area contributed by atoms with E-state index in [0.717, 1.165) is 6.08 Å². The van der Waals surface area contributed by atoms with Gasteiger partial charge in [0.1, 0.15) is 6.61 Å². The van der Waals surface area contributed by atoms with Crippen molar-refractivity contribution in [2.24, 2.45) is 0 Å². The molecule has 13 heavy (non-hydrogen) atoms. The monoisotopic (exact) mass is 312 g/mol. The first-order chi connectivity index (χ1) is 5.73. The maximum Gasteiger partial charge on any atom is 0.443 e. The van der Waals surface area contributed by atoms with Gasteiger partial charge in [-0.15, -0.1) is 0 Å². The molecule has 0 aromatic carbocycles. The second-order valence-electron chi connectivity index (χ2n) is 1.96. The van der Waals surface area contributed by atoms with E-state index < -0.39 is 22.4 Å². The summed E-state index contributed by atoms with van der Waals surface area (Å²) >= 11 is 0.348. The minimum atomic E-state index is -5.27. The summed E-state index contributed by atoms with van der Waals surface area (Å²) in [7, 11) is 0. The summed E-state index contributed by atoms with van der Waals surface area (Å²) in [4.78, 5) is 10.5. The highest BCUT2D eigenvalue weighted by Crippen LogP contribution is 2.40. The highest BCUT2D eigenvalue weighted by Gasteiger charge is 2.61. The van der Waals surface area contributed by atoms with E-state index in [1.807, 2.05) is 0 Å². The first-order valence-corrected chi connectivity index (χ1v) is 4.04. The fraction of sp³-hybridized carbons (Fsp3) is 0.500. The lowest BCUT2D eigenvalue weighted by Crippen LogP contribution is -2.43. The zero-order valence-electron chi connectivity index (χ0n) is 6.20. The number of rotatable bonds is 3. The van der Waals surface area contributed by atoms with Gasteiger partial charge in [-0.1, -0.05) is 12.7 Å². The Morgan fingerprint density at radius 2 is 1.92 bits per heavy atom. The van der Waals surface area contributed by atoms with Crippen LogP contribution in [-0.2, 0) is 9.53 Å². The molecular weight excluding hydrogens is 307 g/mol. The van der Waals surface area contributed by atoms with E-state index in [0.29, 0.717) is 22.6 Å². The molecule has 0 rings (SSSR count). The van der Waals surface area contributed by atoms with E-state index in [1.165, 1.54) is 0 Å². The van der Waals surface area contributed by atoms with E-state index >= 15 is 0 Å². The molecule has 76 valence electrons. The fourth-order valence-corrected chi connectivity index (χ4v) is 0.497. The zero-order valence-corrected chi connectivity index (χ0v) is 8.36. The first kappa shape index (κ1) is 12.7. The Morgan fingerprint density at radius 1 is 1.46 bits per heavy atom. The molecule has 0 aliphatic rings. The minimum Gasteiger partial charge on any atom is -0.458 e. The second-order valence-corrected chi connectivity index (χ2v) is 3.45. The van der Waals surface area contributed by atoms with Gasteiger partial charge in [-0.2, -0.15) is 13.2 Å². The van der Waals surface area contributed by atoms with Crippen molar-refractivity contribution in [2.75, 3.05) is 6.61 Å². The molecule has 0 amide bonds. The molecule has 2 nitrogen and oxygen atoms in total. The number of halogens is 5. The molecule has 0 fully saturated rings. The van der Waals surface area contributed by atoms with Crippen molar-refractivity contribution >= 4 is 28.6 Å². The third-order valence-electron chi connectivity index (χ3n) is 0.945. The van der Waals surface area contributed by atoms with Crippen molar-refractivity contribution in [3.05, 3.63) is 12.7 Å². The summed E-state index contributed by atoms with van der Waals surface area (Å²) in [6, 6.07) is 0. The molecule has 0 aromatic rings. The molecule has 0 heterocycles. The Kier molecular flexibility index (Phi) is 4.14. The maximum atomic E-state index is 12.7. The minimum absolute atomic E-state index is 0.348. The van der Waals surface area contributed by atoms with Gasteiger partial charge in [-0.25, -0.2) is 9.18 Å². The number of carbonyl (C=O) groups excluding carboxylic acids is 1. The summed E-state index contributed by atoms with van der Waals surface area (Å²) in [5.41, 5.74) is 0. The van der Waals surface area contributed by atoms with E-state index in [1.54, 1.807) is 0 Å². The average molecular weight is 312 g/mol. The van der Waals surface area contributed by atoms with Gasteiger partial charge in [0.2, 0.25) is 0 Å². The third kappa shape index (κ3) is 3.12. The molecule has 1 unspecified atom stereocenters. The number of esters is 1. The van der Waals surface area contributed by atoms with Gasteiger partial charge in [0.05, 0.1) is 0 Å². The summed E-state index contributed by atoms with van der Waals surface area (Å²) in [6.45, 7) is 2.64. The van der Waals surface area contributed by atoms with Gasteiger partial charge in [-0.3, -0.25) is 0 Å². The maximum absolute atomic E-state index is 12.7. The normalized spacial score (nSPS) is 16.1. The van der Waals surface area contributed by atoms with Gasteiger partial charge in [-0.05, 0) is 22.6 Å². The fourth-order valence-electron chi connectivity index (χ4n) is 0.341. The Bertz CT molecular complexity index is 211. The van der Waals surface area contributed by atoms with Gasteiger partial charge >= 0.3 is 15.8 Å². The predicted molar refractivity (Wildman–Crippen MR) is 45.1 cm³/mol. The average Bonchev–Trinajstić information content (AvgIpc) is 1.97. The Labute approximate surface area is 85.1 Å². The van der Waals surface area contributed by atoms with E-state index in [9.17, 15) is 22.4 Å². The van der Waals surface area contributed by atoms with Crippen LogP contribution in [0.15, 0.2) is 12.7 Å². The molecule has 0 aliphatic heterocycles. The molecule has 0 bridgehead atoms. The number of alkyl halides is 5. The summed E-state index contributed by atoms with van der Waals surface area (Å²) in [5.74, 6) is -1.97. The van der Waals surface area contributed by atoms with Crippen LogP contribution in [0, 0.1) is 0 Å². The van der Waals surface area contributed by atoms with Crippen LogP contribution in [0.3, 0.4) is 0 Å². The molecular formula is C6H5F4IO2. The smallest absolute Gasteiger partial charge is 0.443 e. The Balaban J connectivity index is 4.45. The number of hydrogen-bond donors (Lipinski definition) is 0. The molecule has 0 N–H and O–H groups in total. The topological polar surface area (TPSA) is 26.3 Å². The highest BCUT2D eigenvalue weighted by molar-refractivity contribution is 14.1. The van der Waals surface area contributed by atoms with Crippen molar-refractivity contribution in [1.82, 2.24) is 0 Å². The summed E-state index contributed by atoms with van der Waals surface area (Å²) in [6.07, 6.45) is -4.23. The molecule has 0 radical (unpaired) electrons. The van der Waals surface area contributed by atoms with Crippen LogP contribution in [0.4, 0.5) is 17.6 Å². The van der Waals surface area contributed by atoms with E-state index in [2.05, 4.69) is 11.3 Å². The molecule has 0 aromatic heterocycles. The van der Waals surface area contributed by atoms with Crippen LogP contribution in [0.2, 0.25) is 0 Å². The second kappa shape index (κ2) is 4.25. The van der Waals surface area contributed by atoms with Crippen molar-refractivity contribution in [2.45, 2.75) is 9.85 Å². The van der Waals surface area contributed by atoms with Crippen molar-refractivity contribution in [3.63, 3.8) is 0 Å². The Hall–Kier alpha value is -0.340. The summed E-state index contributed by atoms with van der Waals surface area (Å²) < 4.78 is 48.0. The molecule has 7 heteroatoms. The molecule has 0 saturated heterocycles. The van der Waals surface area contributed by atoms with Crippen LogP contribution in [0.25, 0.3) is 0 Å². The highest BCUT2D eigenvalue weighted by atomic mass is 127. The standard InChI is InChI=1S/C6H5F4IO2/c1-2-3-13-4(12)5(7,11)6(8,9)10/h2H,1,3H2. The molecule has 0 saturated carbocycles. The van der Waals surface area contributed by atoms with Gasteiger partial charge in [0, 0.05) is 0 Å². The van der Waals surface area contributed by atoms with Crippen molar-refractivity contribution in [3.8, 4) is 0 Å². The third-order valence-corrected chi connectivity index (χ3v) is 2.00. The van der Waals surface area contributed by atoms with Gasteiger partial charge in [0.15, 0.2) is 0 Å². The number of carbonyl (C=O) groups is 1. The van der Waals surface area contributed by atoms with E-state index in [-0.39, 0.29) is 0 Å². The Morgan fingerprint density at radius 3 is 2.23 bits per heavy atom. The van der Waals surface area contributed by atoms with Crippen LogP contribution in [-0.4, -0.2) is 22.4 Å². The van der Waals surface area contributed by atoms with Crippen LogP contribution >= 0.6 is 22.6 Å². The first-order valence-electron chi connectivity index (χ1n) is 2.96. The van der Waals surface area contributed by atoms with E-state index in [4.69, 9.17) is 0 Å². The number of hydrogen-bond acceptors (Lipinski definition) is 2. The van der Waals surface area contributed by atoms with Crippen LogP contribution in [0.1, 0.15) is 0 Å². The van der Waals surface area contributed by atoms with Crippen molar-refractivity contribution in [1.29, 1.82) is 0 Å². The summed E-state index contributed by atoms with van der Waals surface area (Å²) in [5, 5.41) is 0. The quantitative estimate of drug-likeness (QED) is 0.263. The lowest BCUT2D eigenvalue weighted by Gasteiger charge is -2.19. The lowest BCUT2D eigenvalue weighted by molar-refractivity contribution is -0.205. The SMILES string of the molecule is C=CCOC(=O)C(F)(I)C(F)(F)F. The van der Waals surface area contributed by atoms with Crippen LogP contribution < -0.4 is 0 Å². The predicted octanol–water partition coefficient (Wildman–Crippen LogP) is 2.38. The molecule has 1 atom stereocenters. The zero-order chi connectivity index (χ0) is 10.7. The van der Waals surface area contributed by atoms with Gasteiger partial charge < -0.3 is 4.74 Å². The molecule has 0 aliphatic carbocycles.